The van der Waals surface area contributed by atoms with Gasteiger partial charge in [0.05, 0.1) is 0 Å². The van der Waals surface area contributed by atoms with Crippen LogP contribution in [0.2, 0.25) is 0 Å². The van der Waals surface area contributed by atoms with Gasteiger partial charge in [-0.2, -0.15) is 0 Å². The number of hydrogen-bond acceptors (Lipinski definition) is 5. The smallest absolute Gasteiger partial charge is 0.742 e. The van der Waals surface area contributed by atoms with Crippen molar-refractivity contribution in [2.45, 2.75) is 11.5 Å². The minimum Gasteiger partial charge on any atom is -0.742 e. The van der Waals surface area contributed by atoms with Gasteiger partial charge in [-0.15, -0.1) is 0 Å². The predicted octanol–water partition coefficient (Wildman–Crippen LogP) is -3.31. The summed E-state index contributed by atoms with van der Waals surface area (Å²) in [5.74, 6) is 0.409. The average molecular weight is 213 g/mol. The van der Waals surface area contributed by atoms with Crippen LogP contribution < -0.4 is 35.3 Å². The van der Waals surface area contributed by atoms with Gasteiger partial charge in [-0.1, -0.05) is 0 Å². The van der Waals surface area contributed by atoms with Gasteiger partial charge in [0.15, 0.2) is 10.1 Å². The van der Waals surface area contributed by atoms with Gasteiger partial charge < -0.3 is 14.7 Å². The summed E-state index contributed by atoms with van der Waals surface area (Å²) >= 11 is 0. The van der Waals surface area contributed by atoms with Gasteiger partial charge in [-0.3, -0.25) is 0 Å². The van der Waals surface area contributed by atoms with Crippen LogP contribution in [0.25, 0.3) is 0 Å². The SMILES string of the molecule is NCCc1ccc(S(=O)(=O)[O-])o1.[Na+]. The zero-order valence-electron chi connectivity index (χ0n) is 7.19. The van der Waals surface area contributed by atoms with E-state index < -0.39 is 15.2 Å². The summed E-state index contributed by atoms with van der Waals surface area (Å²) < 4.78 is 35.8. The third kappa shape index (κ3) is 3.80. The summed E-state index contributed by atoms with van der Waals surface area (Å²) in [6.07, 6.45) is 0.426. The van der Waals surface area contributed by atoms with E-state index in [1.54, 1.807) is 0 Å². The molecule has 5 nitrogen and oxygen atoms in total. The van der Waals surface area contributed by atoms with E-state index in [-0.39, 0.29) is 29.6 Å². The fourth-order valence-corrected chi connectivity index (χ4v) is 1.21. The van der Waals surface area contributed by atoms with Crippen molar-refractivity contribution < 1.29 is 46.9 Å². The maximum Gasteiger partial charge on any atom is 1.00 e. The minimum atomic E-state index is -4.46. The van der Waals surface area contributed by atoms with Crippen molar-refractivity contribution in [3.05, 3.63) is 17.9 Å². The fraction of sp³-hybridized carbons (Fsp3) is 0.333. The molecule has 13 heavy (non-hydrogen) atoms. The van der Waals surface area contributed by atoms with Gasteiger partial charge in [-0.05, 0) is 18.7 Å². The second kappa shape index (κ2) is 5.14. The van der Waals surface area contributed by atoms with E-state index in [2.05, 4.69) is 0 Å². The van der Waals surface area contributed by atoms with Crippen LogP contribution in [0.15, 0.2) is 21.6 Å². The molecule has 0 saturated heterocycles. The van der Waals surface area contributed by atoms with Crippen molar-refractivity contribution >= 4 is 10.1 Å². The second-order valence-corrected chi connectivity index (χ2v) is 3.52. The summed E-state index contributed by atoms with van der Waals surface area (Å²) in [6, 6.07) is 2.56. The molecule has 1 heterocycles. The molecular formula is C6H8NNaO4S. The number of furan rings is 1. The Balaban J connectivity index is 0.00000144. The monoisotopic (exact) mass is 213 g/mol. The molecule has 0 unspecified atom stereocenters. The molecule has 1 aromatic rings. The molecular weight excluding hydrogens is 205 g/mol. The van der Waals surface area contributed by atoms with Gasteiger partial charge in [0.25, 0.3) is 0 Å². The molecule has 0 fully saturated rings. The number of nitrogens with two attached hydrogens (primary N) is 1. The Morgan fingerprint density at radius 1 is 1.46 bits per heavy atom. The first-order valence-electron chi connectivity index (χ1n) is 3.28. The van der Waals surface area contributed by atoms with Crippen LogP contribution in [0.1, 0.15) is 5.76 Å². The van der Waals surface area contributed by atoms with Crippen LogP contribution >= 0.6 is 0 Å². The normalized spacial score (nSPS) is 10.9. The molecule has 1 rings (SSSR count). The zero-order valence-corrected chi connectivity index (χ0v) is 10.0. The molecule has 1 aromatic heterocycles. The van der Waals surface area contributed by atoms with Gasteiger partial charge >= 0.3 is 29.6 Å². The quantitative estimate of drug-likeness (QED) is 0.419. The Morgan fingerprint density at radius 3 is 2.46 bits per heavy atom. The van der Waals surface area contributed by atoms with Crippen LogP contribution in [-0.2, 0) is 16.5 Å². The van der Waals surface area contributed by atoms with Gasteiger partial charge in [0, 0.05) is 6.42 Å². The Bertz CT molecular complexity index is 358. The van der Waals surface area contributed by atoms with Crippen molar-refractivity contribution in [2.75, 3.05) is 6.54 Å². The molecule has 0 aliphatic rings. The number of rotatable bonds is 3. The van der Waals surface area contributed by atoms with Gasteiger partial charge in [0.2, 0.25) is 5.09 Å². The molecule has 0 atom stereocenters. The first-order chi connectivity index (χ1) is 5.54. The average Bonchev–Trinajstić information content (AvgIpc) is 2.35. The molecule has 0 radical (unpaired) electrons. The van der Waals surface area contributed by atoms with Crippen molar-refractivity contribution in [2.24, 2.45) is 5.73 Å². The molecule has 0 aromatic carbocycles. The van der Waals surface area contributed by atoms with Crippen molar-refractivity contribution in [3.8, 4) is 0 Å². The molecule has 7 heteroatoms. The largest absolute Gasteiger partial charge is 1.00 e. The van der Waals surface area contributed by atoms with Crippen LogP contribution in [0, 0.1) is 0 Å². The van der Waals surface area contributed by atoms with E-state index in [0.717, 1.165) is 6.07 Å². The summed E-state index contributed by atoms with van der Waals surface area (Å²) in [5, 5.41) is -0.550. The van der Waals surface area contributed by atoms with Gasteiger partial charge in [-0.25, -0.2) is 8.42 Å². The first kappa shape index (κ1) is 13.2. The molecule has 0 saturated carbocycles. The van der Waals surface area contributed by atoms with E-state index in [1.807, 2.05) is 0 Å². The van der Waals surface area contributed by atoms with Gasteiger partial charge in [0.1, 0.15) is 5.76 Å². The second-order valence-electron chi connectivity index (χ2n) is 2.21. The predicted molar refractivity (Wildman–Crippen MR) is 39.4 cm³/mol. The molecule has 0 spiro atoms. The van der Waals surface area contributed by atoms with E-state index >= 15 is 0 Å². The maximum absolute atomic E-state index is 10.4. The van der Waals surface area contributed by atoms with Crippen LogP contribution in [0.4, 0.5) is 0 Å². The first-order valence-corrected chi connectivity index (χ1v) is 4.69. The summed E-state index contributed by atoms with van der Waals surface area (Å²) in [6.45, 7) is 0.353. The summed E-state index contributed by atoms with van der Waals surface area (Å²) in [4.78, 5) is 0. The maximum atomic E-state index is 10.4. The third-order valence-electron chi connectivity index (χ3n) is 1.27. The molecule has 0 bridgehead atoms. The standard InChI is InChI=1S/C6H9NO4S.Na/c7-4-3-5-1-2-6(11-5)12(8,9)10;/h1-2H,3-4,7H2,(H,8,9,10);/q;+1/p-1. The molecule has 68 valence electrons. The van der Waals surface area contributed by atoms with Crippen LogP contribution in [0.3, 0.4) is 0 Å². The molecule has 2 N–H and O–H groups in total. The fourth-order valence-electron chi connectivity index (χ4n) is 0.769. The molecule has 0 aliphatic heterocycles. The molecule has 0 amide bonds. The topological polar surface area (TPSA) is 96.4 Å². The Labute approximate surface area is 98.3 Å². The van der Waals surface area contributed by atoms with Crippen LogP contribution in [0.5, 0.6) is 0 Å². The summed E-state index contributed by atoms with van der Waals surface area (Å²) in [5.41, 5.74) is 5.19. The van der Waals surface area contributed by atoms with E-state index in [9.17, 15) is 13.0 Å². The zero-order chi connectivity index (χ0) is 9.19. The summed E-state index contributed by atoms with van der Waals surface area (Å²) in [7, 11) is -4.46. The Morgan fingerprint density at radius 2 is 2.08 bits per heavy atom. The third-order valence-corrected chi connectivity index (χ3v) is 1.99. The van der Waals surface area contributed by atoms with Crippen molar-refractivity contribution in [1.82, 2.24) is 0 Å². The van der Waals surface area contributed by atoms with E-state index in [1.165, 1.54) is 6.07 Å². The van der Waals surface area contributed by atoms with E-state index in [0.29, 0.717) is 18.7 Å². The van der Waals surface area contributed by atoms with Crippen molar-refractivity contribution in [1.29, 1.82) is 0 Å². The molecule has 0 aliphatic carbocycles. The Kier molecular flexibility index (Phi) is 5.19. The minimum absolute atomic E-state index is 0. The van der Waals surface area contributed by atoms with Crippen LogP contribution in [-0.4, -0.2) is 19.5 Å². The Hall–Kier alpha value is 0.150. The van der Waals surface area contributed by atoms with Crippen molar-refractivity contribution in [3.63, 3.8) is 0 Å². The number of hydrogen-bond donors (Lipinski definition) is 1. The van der Waals surface area contributed by atoms with E-state index in [4.69, 9.17) is 10.2 Å².